The fourth-order valence-electron chi connectivity index (χ4n) is 3.72. The second-order valence-electron chi connectivity index (χ2n) is 7.83. The number of fused-ring (bicyclic) bond motifs is 1. The van der Waals surface area contributed by atoms with Gasteiger partial charge in [0.1, 0.15) is 12.3 Å². The van der Waals surface area contributed by atoms with Gasteiger partial charge in [0.2, 0.25) is 11.7 Å². The van der Waals surface area contributed by atoms with Gasteiger partial charge in [-0.1, -0.05) is 41.1 Å². The zero-order valence-corrected chi connectivity index (χ0v) is 19.1. The van der Waals surface area contributed by atoms with Gasteiger partial charge in [-0.3, -0.25) is 4.79 Å². The summed E-state index contributed by atoms with van der Waals surface area (Å²) < 4.78 is 13.5. The van der Waals surface area contributed by atoms with Gasteiger partial charge >= 0.3 is 5.69 Å². The SMILES string of the molecule is CCOc1ccccc1NC(=O)Cn1nc2c(-c3nc(-c4cccc(C)c4)no3)cccn2c1=O. The van der Waals surface area contributed by atoms with E-state index in [0.29, 0.717) is 35.1 Å². The van der Waals surface area contributed by atoms with Crippen molar-refractivity contribution < 1.29 is 14.1 Å². The number of ether oxygens (including phenoxy) is 1. The zero-order chi connectivity index (χ0) is 24.4. The molecule has 5 aromatic rings. The van der Waals surface area contributed by atoms with Gasteiger partial charge in [0.05, 0.1) is 17.9 Å². The molecule has 176 valence electrons. The fraction of sp³-hybridized carbons (Fsp3) is 0.160. The summed E-state index contributed by atoms with van der Waals surface area (Å²) in [7, 11) is 0. The number of hydrogen-bond acceptors (Lipinski definition) is 7. The van der Waals surface area contributed by atoms with Crippen LogP contribution < -0.4 is 15.7 Å². The van der Waals surface area contributed by atoms with Gasteiger partial charge in [0.25, 0.3) is 5.89 Å². The van der Waals surface area contributed by atoms with Crippen molar-refractivity contribution in [3.8, 4) is 28.6 Å². The molecule has 0 saturated heterocycles. The Morgan fingerprint density at radius 3 is 2.80 bits per heavy atom. The summed E-state index contributed by atoms with van der Waals surface area (Å²) in [6.07, 6.45) is 1.57. The van der Waals surface area contributed by atoms with E-state index < -0.39 is 11.6 Å². The number of aryl methyl sites for hydroxylation is 1. The molecule has 0 fully saturated rings. The molecule has 0 bridgehead atoms. The molecule has 10 heteroatoms. The van der Waals surface area contributed by atoms with E-state index in [0.717, 1.165) is 15.8 Å². The summed E-state index contributed by atoms with van der Waals surface area (Å²) >= 11 is 0. The Kier molecular flexibility index (Phi) is 5.84. The molecular weight excluding hydrogens is 448 g/mol. The Balaban J connectivity index is 1.44. The van der Waals surface area contributed by atoms with Gasteiger partial charge in [-0.2, -0.15) is 4.98 Å². The Bertz CT molecular complexity index is 1580. The van der Waals surface area contributed by atoms with Crippen LogP contribution in [-0.4, -0.2) is 36.8 Å². The highest BCUT2D eigenvalue weighted by atomic mass is 16.5. The molecule has 3 heterocycles. The monoisotopic (exact) mass is 470 g/mol. The van der Waals surface area contributed by atoms with Crippen molar-refractivity contribution in [1.29, 1.82) is 0 Å². The molecule has 1 N–H and O–H groups in total. The molecule has 5 rings (SSSR count). The standard InChI is InChI=1S/C25H22N6O4/c1-3-34-20-12-5-4-11-19(20)26-21(32)15-31-25(33)30-13-7-10-18(23(30)28-31)24-27-22(29-35-24)17-9-6-8-16(2)14-17/h4-14H,3,15H2,1-2H3,(H,26,32). The van der Waals surface area contributed by atoms with Crippen molar-refractivity contribution in [3.05, 3.63) is 82.9 Å². The highest BCUT2D eigenvalue weighted by molar-refractivity contribution is 5.92. The average molecular weight is 470 g/mol. The molecule has 0 saturated carbocycles. The molecular formula is C25H22N6O4. The first-order chi connectivity index (χ1) is 17.0. The Hall–Kier alpha value is -4.73. The van der Waals surface area contributed by atoms with Crippen molar-refractivity contribution in [3.63, 3.8) is 0 Å². The number of aromatic nitrogens is 5. The van der Waals surface area contributed by atoms with Crippen LogP contribution >= 0.6 is 0 Å². The minimum Gasteiger partial charge on any atom is -0.492 e. The van der Waals surface area contributed by atoms with Crippen molar-refractivity contribution >= 4 is 17.2 Å². The largest absolute Gasteiger partial charge is 0.492 e. The summed E-state index contributed by atoms with van der Waals surface area (Å²) in [5.74, 6) is 0.789. The first-order valence-corrected chi connectivity index (χ1v) is 11.0. The average Bonchev–Trinajstić information content (AvgIpc) is 3.46. The number of nitrogens with one attached hydrogen (secondary N) is 1. The van der Waals surface area contributed by atoms with Crippen molar-refractivity contribution in [2.24, 2.45) is 0 Å². The van der Waals surface area contributed by atoms with Crippen LogP contribution in [0.2, 0.25) is 0 Å². The quantitative estimate of drug-likeness (QED) is 0.387. The number of amides is 1. The molecule has 10 nitrogen and oxygen atoms in total. The molecule has 0 aliphatic rings. The summed E-state index contributed by atoms with van der Waals surface area (Å²) in [6, 6.07) is 18.3. The Morgan fingerprint density at radius 1 is 1.11 bits per heavy atom. The van der Waals surface area contributed by atoms with E-state index in [-0.39, 0.29) is 12.4 Å². The summed E-state index contributed by atoms with van der Waals surface area (Å²) in [5.41, 5.74) is 2.73. The maximum absolute atomic E-state index is 12.9. The lowest BCUT2D eigenvalue weighted by atomic mass is 10.1. The molecule has 0 unspecified atom stereocenters. The number of nitrogens with zero attached hydrogens (tertiary/aromatic N) is 5. The van der Waals surface area contributed by atoms with E-state index in [1.807, 2.05) is 44.2 Å². The topological polar surface area (TPSA) is 117 Å². The third-order valence-electron chi connectivity index (χ3n) is 5.30. The minimum atomic E-state index is -0.464. The van der Waals surface area contributed by atoms with Crippen LogP contribution in [0.15, 0.2) is 76.2 Å². The van der Waals surface area contributed by atoms with Crippen molar-refractivity contribution in [2.45, 2.75) is 20.4 Å². The molecule has 0 spiro atoms. The number of carbonyl (C=O) groups excluding carboxylic acids is 1. The van der Waals surface area contributed by atoms with E-state index in [9.17, 15) is 9.59 Å². The molecule has 0 atom stereocenters. The number of rotatable bonds is 7. The maximum atomic E-state index is 12.9. The van der Waals surface area contributed by atoms with Gasteiger partial charge < -0.3 is 14.6 Å². The number of pyridine rings is 1. The van der Waals surface area contributed by atoms with Crippen LogP contribution in [0.1, 0.15) is 12.5 Å². The smallest absolute Gasteiger partial charge is 0.350 e. The number of carbonyl (C=O) groups is 1. The van der Waals surface area contributed by atoms with Crippen molar-refractivity contribution in [1.82, 2.24) is 24.3 Å². The highest BCUT2D eigenvalue weighted by Crippen LogP contribution is 2.25. The van der Waals surface area contributed by atoms with Crippen LogP contribution in [0.3, 0.4) is 0 Å². The lowest BCUT2D eigenvalue weighted by Gasteiger charge is -2.10. The predicted octanol–water partition coefficient (Wildman–Crippen LogP) is 3.56. The number of hydrogen-bond donors (Lipinski definition) is 1. The third kappa shape index (κ3) is 4.41. The summed E-state index contributed by atoms with van der Waals surface area (Å²) in [5, 5.41) is 11.2. The molecule has 0 aliphatic heterocycles. The Labute approximate surface area is 199 Å². The van der Waals surface area contributed by atoms with Gasteiger partial charge in [-0.15, -0.1) is 5.10 Å². The number of para-hydroxylation sites is 2. The lowest BCUT2D eigenvalue weighted by Crippen LogP contribution is -2.28. The van der Waals surface area contributed by atoms with Crippen molar-refractivity contribution in [2.75, 3.05) is 11.9 Å². The molecule has 0 aliphatic carbocycles. The van der Waals surface area contributed by atoms with E-state index in [4.69, 9.17) is 9.26 Å². The molecule has 35 heavy (non-hydrogen) atoms. The van der Waals surface area contributed by atoms with Gasteiger partial charge in [-0.25, -0.2) is 13.9 Å². The second-order valence-corrected chi connectivity index (χ2v) is 7.83. The number of benzene rings is 2. The van der Waals surface area contributed by atoms with E-state index in [1.54, 1.807) is 36.5 Å². The lowest BCUT2D eigenvalue weighted by molar-refractivity contribution is -0.117. The normalized spacial score (nSPS) is 11.0. The summed E-state index contributed by atoms with van der Waals surface area (Å²) in [6.45, 7) is 4.02. The first kappa shape index (κ1) is 22.1. The van der Waals surface area contributed by atoms with Crippen LogP contribution in [0.4, 0.5) is 5.69 Å². The highest BCUT2D eigenvalue weighted by Gasteiger charge is 2.19. The van der Waals surface area contributed by atoms with Gasteiger partial charge in [-0.05, 0) is 44.2 Å². The predicted molar refractivity (Wildman–Crippen MR) is 129 cm³/mol. The molecule has 0 radical (unpaired) electrons. The maximum Gasteiger partial charge on any atom is 0.350 e. The first-order valence-electron chi connectivity index (χ1n) is 11.0. The second kappa shape index (κ2) is 9.26. The van der Waals surface area contributed by atoms with E-state index >= 15 is 0 Å². The van der Waals surface area contributed by atoms with Crippen LogP contribution in [0.25, 0.3) is 28.5 Å². The fourth-order valence-corrected chi connectivity index (χ4v) is 3.72. The Morgan fingerprint density at radius 2 is 1.97 bits per heavy atom. The van der Waals surface area contributed by atoms with E-state index in [1.165, 1.54) is 4.40 Å². The van der Waals surface area contributed by atoms with E-state index in [2.05, 4.69) is 20.6 Å². The van der Waals surface area contributed by atoms with Crippen LogP contribution in [0, 0.1) is 6.92 Å². The molecule has 3 aromatic heterocycles. The van der Waals surface area contributed by atoms with Gasteiger partial charge in [0, 0.05) is 11.8 Å². The number of anilines is 1. The van der Waals surface area contributed by atoms with Crippen LogP contribution in [0.5, 0.6) is 5.75 Å². The van der Waals surface area contributed by atoms with Gasteiger partial charge in [0.15, 0.2) is 5.65 Å². The van der Waals surface area contributed by atoms with Crippen LogP contribution in [-0.2, 0) is 11.3 Å². The third-order valence-corrected chi connectivity index (χ3v) is 5.30. The summed E-state index contributed by atoms with van der Waals surface area (Å²) in [4.78, 5) is 30.1. The molecule has 2 aromatic carbocycles. The molecule has 1 amide bonds. The zero-order valence-electron chi connectivity index (χ0n) is 19.1. The minimum absolute atomic E-state index is 0.222.